The van der Waals surface area contributed by atoms with E-state index in [1.807, 2.05) is 25.8 Å². The number of carbonyl (C=O) groups excluding carboxylic acids is 1. The molecular formula is C15H26N4O. The number of nitrogens with zero attached hydrogens (tertiary/aromatic N) is 3. The number of nitrogens with two attached hydrogens (primary N) is 1. The molecule has 0 radical (unpaired) electrons. The van der Waals surface area contributed by atoms with Gasteiger partial charge in [-0.15, -0.1) is 0 Å². The predicted octanol–water partition coefficient (Wildman–Crippen LogP) is 2.12. The maximum absolute atomic E-state index is 12.5. The van der Waals surface area contributed by atoms with E-state index < -0.39 is 0 Å². The minimum Gasteiger partial charge on any atom is -0.396 e. The number of hydrogen-bond acceptors (Lipinski definition) is 3. The maximum Gasteiger partial charge on any atom is 0.244 e. The highest BCUT2D eigenvalue weighted by Crippen LogP contribution is 2.27. The van der Waals surface area contributed by atoms with Gasteiger partial charge in [0.2, 0.25) is 5.91 Å². The van der Waals surface area contributed by atoms with E-state index in [2.05, 4.69) is 12.0 Å². The van der Waals surface area contributed by atoms with Crippen LogP contribution in [0.25, 0.3) is 0 Å². The third kappa shape index (κ3) is 2.81. The Bertz CT molecular complexity index is 494. The lowest BCUT2D eigenvalue weighted by Crippen LogP contribution is -2.44. The first-order valence-corrected chi connectivity index (χ1v) is 7.47. The molecule has 0 aliphatic heterocycles. The molecule has 1 aromatic heterocycles. The van der Waals surface area contributed by atoms with Gasteiger partial charge in [-0.3, -0.25) is 9.48 Å². The molecule has 2 atom stereocenters. The van der Waals surface area contributed by atoms with Crippen molar-refractivity contribution in [3.8, 4) is 0 Å². The zero-order chi connectivity index (χ0) is 14.9. The SMILES string of the molecule is Cc1nn(CC(=O)N(C)C2CCCCC2C)c(C)c1N. The van der Waals surface area contributed by atoms with Crippen molar-refractivity contribution in [2.75, 3.05) is 12.8 Å². The van der Waals surface area contributed by atoms with Crippen molar-refractivity contribution in [1.29, 1.82) is 0 Å². The minimum absolute atomic E-state index is 0.120. The molecule has 112 valence electrons. The Morgan fingerprint density at radius 1 is 1.40 bits per heavy atom. The highest BCUT2D eigenvalue weighted by molar-refractivity contribution is 5.76. The van der Waals surface area contributed by atoms with Gasteiger partial charge < -0.3 is 10.6 Å². The van der Waals surface area contributed by atoms with Gasteiger partial charge in [0.1, 0.15) is 6.54 Å². The van der Waals surface area contributed by atoms with Gasteiger partial charge in [-0.25, -0.2) is 0 Å². The second-order valence-electron chi connectivity index (χ2n) is 6.08. The van der Waals surface area contributed by atoms with Crippen LogP contribution >= 0.6 is 0 Å². The van der Waals surface area contributed by atoms with Crippen LogP contribution in [0.5, 0.6) is 0 Å². The van der Waals surface area contributed by atoms with E-state index in [1.54, 1.807) is 4.68 Å². The fraction of sp³-hybridized carbons (Fsp3) is 0.733. The zero-order valence-corrected chi connectivity index (χ0v) is 13.0. The zero-order valence-electron chi connectivity index (χ0n) is 13.0. The average molecular weight is 278 g/mol. The Labute approximate surface area is 121 Å². The van der Waals surface area contributed by atoms with Crippen molar-refractivity contribution in [2.45, 2.75) is 59.0 Å². The Kier molecular flexibility index (Phi) is 4.35. The van der Waals surface area contributed by atoms with Crippen molar-refractivity contribution >= 4 is 11.6 Å². The first kappa shape index (κ1) is 14.9. The number of likely N-dealkylation sites (N-methyl/N-ethyl adjacent to an activating group) is 1. The fourth-order valence-corrected chi connectivity index (χ4v) is 3.16. The second kappa shape index (κ2) is 5.85. The molecule has 0 saturated heterocycles. The molecule has 0 aromatic carbocycles. The molecule has 0 bridgehead atoms. The van der Waals surface area contributed by atoms with E-state index in [-0.39, 0.29) is 12.5 Å². The number of aryl methyl sites for hydroxylation is 1. The maximum atomic E-state index is 12.5. The molecule has 1 heterocycles. The third-order valence-corrected chi connectivity index (χ3v) is 4.68. The molecule has 1 fully saturated rings. The van der Waals surface area contributed by atoms with Crippen LogP contribution in [0.4, 0.5) is 5.69 Å². The van der Waals surface area contributed by atoms with Crippen LogP contribution in [0.1, 0.15) is 44.0 Å². The lowest BCUT2D eigenvalue weighted by atomic mass is 9.85. The van der Waals surface area contributed by atoms with Crippen molar-refractivity contribution in [3.63, 3.8) is 0 Å². The fourth-order valence-electron chi connectivity index (χ4n) is 3.16. The number of nitrogen functional groups attached to an aromatic ring is 1. The second-order valence-corrected chi connectivity index (χ2v) is 6.08. The van der Waals surface area contributed by atoms with E-state index in [9.17, 15) is 4.79 Å². The summed E-state index contributed by atoms with van der Waals surface area (Å²) in [5, 5.41) is 4.34. The van der Waals surface area contributed by atoms with Gasteiger partial charge in [-0.2, -0.15) is 5.10 Å². The van der Waals surface area contributed by atoms with Crippen LogP contribution in [0.15, 0.2) is 0 Å². The summed E-state index contributed by atoms with van der Waals surface area (Å²) < 4.78 is 1.72. The van der Waals surface area contributed by atoms with Crippen LogP contribution < -0.4 is 5.73 Å². The molecule has 2 unspecified atom stereocenters. The van der Waals surface area contributed by atoms with E-state index in [0.29, 0.717) is 17.6 Å². The van der Waals surface area contributed by atoms with E-state index in [1.165, 1.54) is 19.3 Å². The standard InChI is InChI=1S/C15H26N4O/c1-10-7-5-6-8-13(10)18(4)14(20)9-19-12(3)15(16)11(2)17-19/h10,13H,5-9,16H2,1-4H3. The summed E-state index contributed by atoms with van der Waals surface area (Å²) >= 11 is 0. The first-order valence-electron chi connectivity index (χ1n) is 7.47. The highest BCUT2D eigenvalue weighted by atomic mass is 16.2. The lowest BCUT2D eigenvalue weighted by molar-refractivity contribution is -0.134. The molecule has 5 heteroatoms. The summed E-state index contributed by atoms with van der Waals surface area (Å²) in [7, 11) is 1.92. The summed E-state index contributed by atoms with van der Waals surface area (Å²) in [6.45, 7) is 6.31. The Hall–Kier alpha value is -1.52. The molecule has 1 aliphatic rings. The summed E-state index contributed by atoms with van der Waals surface area (Å²) in [4.78, 5) is 14.4. The number of anilines is 1. The molecule has 1 aliphatic carbocycles. The summed E-state index contributed by atoms with van der Waals surface area (Å²) in [6, 6.07) is 0.366. The molecule has 1 aromatic rings. The molecule has 5 nitrogen and oxygen atoms in total. The van der Waals surface area contributed by atoms with Gasteiger partial charge in [-0.1, -0.05) is 19.8 Å². The Morgan fingerprint density at radius 2 is 2.05 bits per heavy atom. The van der Waals surface area contributed by atoms with Crippen LogP contribution in [0.2, 0.25) is 0 Å². The van der Waals surface area contributed by atoms with E-state index >= 15 is 0 Å². The van der Waals surface area contributed by atoms with Gasteiger partial charge in [-0.05, 0) is 32.6 Å². The van der Waals surface area contributed by atoms with Gasteiger partial charge in [0.05, 0.1) is 17.1 Å². The van der Waals surface area contributed by atoms with Gasteiger partial charge in [0, 0.05) is 13.1 Å². The molecule has 20 heavy (non-hydrogen) atoms. The van der Waals surface area contributed by atoms with Gasteiger partial charge in [0.25, 0.3) is 0 Å². The van der Waals surface area contributed by atoms with E-state index in [4.69, 9.17) is 5.73 Å². The van der Waals surface area contributed by atoms with Gasteiger partial charge in [0.15, 0.2) is 0 Å². The summed E-state index contributed by atoms with van der Waals surface area (Å²) in [5.74, 6) is 0.706. The van der Waals surface area contributed by atoms with Crippen molar-refractivity contribution in [1.82, 2.24) is 14.7 Å². The molecule has 2 N–H and O–H groups in total. The number of hydrogen-bond donors (Lipinski definition) is 1. The van der Waals surface area contributed by atoms with Crippen molar-refractivity contribution in [2.24, 2.45) is 5.92 Å². The van der Waals surface area contributed by atoms with Crippen LogP contribution in [0.3, 0.4) is 0 Å². The smallest absolute Gasteiger partial charge is 0.244 e. The van der Waals surface area contributed by atoms with Crippen molar-refractivity contribution < 1.29 is 4.79 Å². The Morgan fingerprint density at radius 3 is 2.60 bits per heavy atom. The topological polar surface area (TPSA) is 64.2 Å². The van der Waals surface area contributed by atoms with Crippen LogP contribution in [-0.2, 0) is 11.3 Å². The highest BCUT2D eigenvalue weighted by Gasteiger charge is 2.28. The van der Waals surface area contributed by atoms with Gasteiger partial charge >= 0.3 is 0 Å². The van der Waals surface area contributed by atoms with Crippen LogP contribution in [-0.4, -0.2) is 33.7 Å². The molecule has 1 saturated carbocycles. The van der Waals surface area contributed by atoms with Crippen LogP contribution in [0, 0.1) is 19.8 Å². The Balaban J connectivity index is 2.05. The predicted molar refractivity (Wildman–Crippen MR) is 80.3 cm³/mol. The quantitative estimate of drug-likeness (QED) is 0.921. The molecule has 1 amide bonds. The summed E-state index contributed by atoms with van der Waals surface area (Å²) in [5.41, 5.74) is 8.27. The minimum atomic E-state index is 0.120. The van der Waals surface area contributed by atoms with E-state index in [0.717, 1.165) is 17.8 Å². The average Bonchev–Trinajstić information content (AvgIpc) is 2.66. The number of amides is 1. The number of aromatic nitrogens is 2. The lowest BCUT2D eigenvalue weighted by Gasteiger charge is -2.36. The van der Waals surface area contributed by atoms with Crippen molar-refractivity contribution in [3.05, 3.63) is 11.4 Å². The largest absolute Gasteiger partial charge is 0.396 e. The third-order valence-electron chi connectivity index (χ3n) is 4.68. The normalized spacial score (nSPS) is 22.8. The summed E-state index contributed by atoms with van der Waals surface area (Å²) in [6.07, 6.45) is 4.84. The monoisotopic (exact) mass is 278 g/mol. The molecule has 0 spiro atoms. The molecular weight excluding hydrogens is 252 g/mol. The first-order chi connectivity index (χ1) is 9.41. The molecule has 2 rings (SSSR count). The number of rotatable bonds is 3. The number of carbonyl (C=O) groups is 1.